The maximum atomic E-state index is 13.2. The number of hydrogen-bond donors (Lipinski definition) is 0. The summed E-state index contributed by atoms with van der Waals surface area (Å²) >= 11 is 0. The zero-order valence-electron chi connectivity index (χ0n) is 19.7. The zero-order valence-corrected chi connectivity index (χ0v) is 19.7. The van der Waals surface area contributed by atoms with Gasteiger partial charge >= 0.3 is 0 Å². The molecule has 3 aromatic rings. The molecule has 2 aliphatic rings. The maximum absolute atomic E-state index is 13.2. The van der Waals surface area contributed by atoms with Gasteiger partial charge in [-0.25, -0.2) is 0 Å². The number of carboxylic acids is 1. The standard InChI is InChI=1S/C30H31NO3/c1-29(24-11-7-4-8-12-24)18-17-26(23-13-15-25(34-2)16-14-23)27-20-31(21-30(27,29)28(32)33)19-22-9-5-3-6-10-22/h3-17,27H,18-21H2,1-2H3,(H,32,33)/p-1. The van der Waals surface area contributed by atoms with Crippen molar-refractivity contribution in [3.05, 3.63) is 108 Å². The van der Waals surface area contributed by atoms with Gasteiger partial charge in [-0.05, 0) is 40.8 Å². The summed E-state index contributed by atoms with van der Waals surface area (Å²) in [4.78, 5) is 15.5. The van der Waals surface area contributed by atoms with Crippen molar-refractivity contribution >= 4 is 11.5 Å². The lowest BCUT2D eigenvalue weighted by Crippen LogP contribution is -2.60. The van der Waals surface area contributed by atoms with Gasteiger partial charge in [0.2, 0.25) is 0 Å². The lowest BCUT2D eigenvalue weighted by molar-refractivity contribution is -0.324. The van der Waals surface area contributed by atoms with E-state index in [9.17, 15) is 9.90 Å². The van der Waals surface area contributed by atoms with Crippen molar-refractivity contribution in [2.24, 2.45) is 11.3 Å². The minimum atomic E-state index is -1.05. The molecule has 3 atom stereocenters. The first-order chi connectivity index (χ1) is 16.5. The summed E-state index contributed by atoms with van der Waals surface area (Å²) in [6.07, 6.45) is 2.90. The van der Waals surface area contributed by atoms with Crippen LogP contribution in [0.4, 0.5) is 0 Å². The van der Waals surface area contributed by atoms with Crippen LogP contribution in [0.2, 0.25) is 0 Å². The molecule has 4 heteroatoms. The van der Waals surface area contributed by atoms with E-state index in [0.717, 1.165) is 22.4 Å². The monoisotopic (exact) mass is 452 g/mol. The lowest BCUT2D eigenvalue weighted by atomic mass is 9.51. The fourth-order valence-corrected chi connectivity index (χ4v) is 6.18. The SMILES string of the molecule is COc1ccc(C2=CCC(C)(c3ccccc3)C3(C(=O)[O-])CN(Cc4ccccc4)CC23)cc1. The molecule has 0 aromatic heterocycles. The number of methoxy groups -OCH3 is 1. The van der Waals surface area contributed by atoms with Crippen LogP contribution in [-0.4, -0.2) is 31.1 Å². The van der Waals surface area contributed by atoms with Crippen LogP contribution < -0.4 is 9.84 Å². The van der Waals surface area contributed by atoms with E-state index in [2.05, 4.69) is 42.2 Å². The van der Waals surface area contributed by atoms with E-state index < -0.39 is 16.8 Å². The van der Waals surface area contributed by atoms with Crippen molar-refractivity contribution in [2.75, 3.05) is 20.2 Å². The number of carbonyl (C=O) groups excluding carboxylic acids is 1. The van der Waals surface area contributed by atoms with Gasteiger partial charge in [0.15, 0.2) is 0 Å². The van der Waals surface area contributed by atoms with Crippen LogP contribution >= 0.6 is 0 Å². The van der Waals surface area contributed by atoms with Gasteiger partial charge in [-0.2, -0.15) is 0 Å². The van der Waals surface area contributed by atoms with Crippen LogP contribution in [0.15, 0.2) is 91.0 Å². The molecule has 0 saturated carbocycles. The van der Waals surface area contributed by atoms with Gasteiger partial charge < -0.3 is 14.6 Å². The normalized spacial score (nSPS) is 26.5. The summed E-state index contributed by atoms with van der Waals surface area (Å²) in [5.41, 5.74) is 2.75. The average Bonchev–Trinajstić information content (AvgIpc) is 3.27. The number of likely N-dealkylation sites (tertiary alicyclic amines) is 1. The molecule has 174 valence electrons. The van der Waals surface area contributed by atoms with E-state index in [4.69, 9.17) is 4.74 Å². The Bertz CT molecular complexity index is 1190. The predicted octanol–water partition coefficient (Wildman–Crippen LogP) is 4.31. The average molecular weight is 453 g/mol. The first-order valence-corrected chi connectivity index (χ1v) is 11.9. The highest BCUT2D eigenvalue weighted by molar-refractivity contribution is 5.84. The number of hydrogen-bond acceptors (Lipinski definition) is 4. The molecule has 3 unspecified atom stereocenters. The van der Waals surface area contributed by atoms with Gasteiger partial charge in [-0.15, -0.1) is 0 Å². The van der Waals surface area contributed by atoms with E-state index in [1.807, 2.05) is 60.7 Å². The van der Waals surface area contributed by atoms with E-state index in [1.54, 1.807) is 7.11 Å². The second-order valence-corrected chi connectivity index (χ2v) is 9.76. The van der Waals surface area contributed by atoms with Crippen molar-refractivity contribution < 1.29 is 14.6 Å². The Kier molecular flexibility index (Phi) is 5.78. The van der Waals surface area contributed by atoms with Crippen molar-refractivity contribution in [1.82, 2.24) is 4.90 Å². The van der Waals surface area contributed by atoms with Crippen molar-refractivity contribution in [1.29, 1.82) is 0 Å². The molecule has 0 bridgehead atoms. The van der Waals surface area contributed by atoms with E-state index in [0.29, 0.717) is 26.1 Å². The number of carbonyl (C=O) groups is 1. The Morgan fingerprint density at radius 2 is 1.65 bits per heavy atom. The zero-order chi connectivity index (χ0) is 23.8. The van der Waals surface area contributed by atoms with Crippen LogP contribution in [0.25, 0.3) is 5.57 Å². The Morgan fingerprint density at radius 3 is 2.26 bits per heavy atom. The fourth-order valence-electron chi connectivity index (χ4n) is 6.18. The molecular formula is C30H30NO3-. The first kappa shape index (κ1) is 22.4. The largest absolute Gasteiger partial charge is 0.549 e. The third kappa shape index (κ3) is 3.54. The van der Waals surface area contributed by atoms with E-state index in [1.165, 1.54) is 5.56 Å². The van der Waals surface area contributed by atoms with Gasteiger partial charge in [-0.3, -0.25) is 4.90 Å². The Morgan fingerprint density at radius 1 is 1.00 bits per heavy atom. The number of rotatable bonds is 6. The van der Waals surface area contributed by atoms with Crippen LogP contribution in [0, 0.1) is 11.3 Å². The minimum Gasteiger partial charge on any atom is -0.549 e. The Hall–Kier alpha value is -3.37. The highest BCUT2D eigenvalue weighted by Gasteiger charge is 2.61. The highest BCUT2D eigenvalue weighted by Crippen LogP contribution is 2.60. The number of benzene rings is 3. The Balaban J connectivity index is 1.63. The summed E-state index contributed by atoms with van der Waals surface area (Å²) in [5.74, 6) is -0.357. The molecule has 34 heavy (non-hydrogen) atoms. The summed E-state index contributed by atoms with van der Waals surface area (Å²) in [5, 5.41) is 13.2. The third-order valence-electron chi connectivity index (χ3n) is 8.05. The minimum absolute atomic E-state index is 0.187. The molecule has 1 fully saturated rings. The van der Waals surface area contributed by atoms with E-state index in [-0.39, 0.29) is 5.92 Å². The van der Waals surface area contributed by atoms with Crippen molar-refractivity contribution in [2.45, 2.75) is 25.3 Å². The second-order valence-electron chi connectivity index (χ2n) is 9.76. The molecule has 1 aliphatic heterocycles. The third-order valence-corrected chi connectivity index (χ3v) is 8.05. The quantitative estimate of drug-likeness (QED) is 0.559. The van der Waals surface area contributed by atoms with Gasteiger partial charge in [0, 0.05) is 36.4 Å². The molecule has 4 nitrogen and oxygen atoms in total. The van der Waals surface area contributed by atoms with Gasteiger partial charge in [0.05, 0.1) is 13.1 Å². The van der Waals surface area contributed by atoms with Crippen molar-refractivity contribution in [3.8, 4) is 5.75 Å². The molecular weight excluding hydrogens is 422 g/mol. The van der Waals surface area contributed by atoms with Gasteiger partial charge in [-0.1, -0.05) is 85.8 Å². The van der Waals surface area contributed by atoms with Crippen LogP contribution in [0.1, 0.15) is 30.0 Å². The molecule has 3 aromatic carbocycles. The van der Waals surface area contributed by atoms with Crippen molar-refractivity contribution in [3.63, 3.8) is 0 Å². The maximum Gasteiger partial charge on any atom is 0.118 e. The molecule has 0 radical (unpaired) electrons. The topological polar surface area (TPSA) is 52.6 Å². The number of nitrogens with zero attached hydrogens (tertiary/aromatic N) is 1. The molecule has 1 saturated heterocycles. The highest BCUT2D eigenvalue weighted by atomic mass is 16.5. The number of allylic oxidation sites excluding steroid dienone is 1. The number of aliphatic carboxylic acids is 1. The van der Waals surface area contributed by atoms with Crippen LogP contribution in [0.3, 0.4) is 0 Å². The summed E-state index contributed by atoms with van der Waals surface area (Å²) in [6.45, 7) is 3.95. The molecule has 5 rings (SSSR count). The number of ether oxygens (including phenoxy) is 1. The fraction of sp³-hybridized carbons (Fsp3) is 0.300. The summed E-state index contributed by atoms with van der Waals surface area (Å²) in [6, 6.07) is 28.3. The van der Waals surface area contributed by atoms with Crippen LogP contribution in [0.5, 0.6) is 5.75 Å². The smallest absolute Gasteiger partial charge is 0.118 e. The number of carboxylic acid groups (broad SMARTS) is 1. The van der Waals surface area contributed by atoms with E-state index >= 15 is 0 Å². The molecule has 0 amide bonds. The Labute approximate surface area is 201 Å². The second kappa shape index (κ2) is 8.77. The van der Waals surface area contributed by atoms with Gasteiger partial charge in [0.25, 0.3) is 0 Å². The lowest BCUT2D eigenvalue weighted by Gasteiger charge is -2.54. The summed E-state index contributed by atoms with van der Waals surface area (Å²) in [7, 11) is 1.65. The molecule has 1 heterocycles. The molecule has 0 spiro atoms. The predicted molar refractivity (Wildman–Crippen MR) is 132 cm³/mol. The molecule has 1 aliphatic carbocycles. The summed E-state index contributed by atoms with van der Waals surface area (Å²) < 4.78 is 5.34. The number of fused-ring (bicyclic) bond motifs is 1. The first-order valence-electron chi connectivity index (χ1n) is 11.9. The molecule has 0 N–H and O–H groups in total. The van der Waals surface area contributed by atoms with Crippen LogP contribution in [-0.2, 0) is 16.8 Å². The van der Waals surface area contributed by atoms with Gasteiger partial charge in [0.1, 0.15) is 5.75 Å².